The summed E-state index contributed by atoms with van der Waals surface area (Å²) in [5.41, 5.74) is 4.23. The lowest BCUT2D eigenvalue weighted by atomic mass is 10.0. The quantitative estimate of drug-likeness (QED) is 0.620. The van der Waals surface area contributed by atoms with Crippen molar-refractivity contribution in [1.29, 1.82) is 0 Å². The lowest BCUT2D eigenvalue weighted by Crippen LogP contribution is -2.25. The summed E-state index contributed by atoms with van der Waals surface area (Å²) in [6.45, 7) is 9.79. The van der Waals surface area contributed by atoms with E-state index in [-0.39, 0.29) is 11.9 Å². The lowest BCUT2D eigenvalue weighted by molar-refractivity contribution is -0.121. The molecule has 7 heteroatoms. The molecular weight excluding hydrogens is 340 g/mol. The number of nitrogens with one attached hydrogen (secondary N) is 1. The highest BCUT2D eigenvalue weighted by Crippen LogP contribution is 2.25. The van der Waals surface area contributed by atoms with E-state index in [2.05, 4.69) is 36.3 Å². The molecule has 144 valence electrons. The molecular formula is C20H28N6O. The molecule has 0 aliphatic rings. The predicted octanol–water partition coefficient (Wildman–Crippen LogP) is 2.96. The monoisotopic (exact) mass is 368 g/mol. The van der Waals surface area contributed by atoms with Crippen LogP contribution in [-0.2, 0) is 17.8 Å². The molecule has 27 heavy (non-hydrogen) atoms. The molecule has 0 aromatic carbocycles. The number of carbonyl (C=O) groups excluding carboxylic acids is 1. The maximum Gasteiger partial charge on any atom is 0.220 e. The summed E-state index contributed by atoms with van der Waals surface area (Å²) < 4.78 is 3.82. The first-order chi connectivity index (χ1) is 13.0. The third kappa shape index (κ3) is 4.35. The van der Waals surface area contributed by atoms with Gasteiger partial charge in [0, 0.05) is 49.0 Å². The van der Waals surface area contributed by atoms with Gasteiger partial charge >= 0.3 is 0 Å². The van der Waals surface area contributed by atoms with E-state index in [1.165, 1.54) is 5.56 Å². The van der Waals surface area contributed by atoms with Crippen LogP contribution in [0.3, 0.4) is 0 Å². The van der Waals surface area contributed by atoms with Crippen LogP contribution in [-0.4, -0.2) is 37.0 Å². The molecule has 0 saturated heterocycles. The fourth-order valence-corrected chi connectivity index (χ4v) is 3.37. The van der Waals surface area contributed by atoms with Crippen LogP contribution in [0.15, 0.2) is 24.7 Å². The summed E-state index contributed by atoms with van der Waals surface area (Å²) >= 11 is 0. The molecule has 0 bridgehead atoms. The second-order valence-corrected chi connectivity index (χ2v) is 7.19. The average molecular weight is 368 g/mol. The number of aromatic nitrogens is 5. The minimum atomic E-state index is 0.0761. The predicted molar refractivity (Wildman–Crippen MR) is 106 cm³/mol. The molecule has 3 rings (SSSR count). The van der Waals surface area contributed by atoms with Crippen molar-refractivity contribution in [3.8, 4) is 0 Å². The van der Waals surface area contributed by atoms with Crippen molar-refractivity contribution >= 4 is 16.9 Å². The zero-order chi connectivity index (χ0) is 19.4. The Bertz CT molecular complexity index is 910. The number of fused-ring (bicyclic) bond motifs is 1. The topological polar surface area (TPSA) is 77.6 Å². The van der Waals surface area contributed by atoms with E-state index in [1.807, 2.05) is 34.7 Å². The molecule has 0 fully saturated rings. The molecule has 3 heterocycles. The van der Waals surface area contributed by atoms with Gasteiger partial charge in [0.25, 0.3) is 0 Å². The van der Waals surface area contributed by atoms with E-state index in [4.69, 9.17) is 4.98 Å². The fourth-order valence-electron chi connectivity index (χ4n) is 3.37. The van der Waals surface area contributed by atoms with Gasteiger partial charge in [-0.3, -0.25) is 9.48 Å². The Kier molecular flexibility index (Phi) is 5.88. The standard InChI is InChI=1S/C20H28N6O/c1-14(2)26-20-18(13-23-26)15(3)17(16(4)24-20)7-8-19(27)21-9-5-11-25-12-6-10-22-25/h6,10,12-14H,5,7-9,11H2,1-4H3,(H,21,27). The van der Waals surface area contributed by atoms with Gasteiger partial charge in [0.1, 0.15) is 0 Å². The van der Waals surface area contributed by atoms with Crippen molar-refractivity contribution in [2.45, 2.75) is 59.5 Å². The summed E-state index contributed by atoms with van der Waals surface area (Å²) in [5, 5.41) is 12.7. The number of carbonyl (C=O) groups is 1. The van der Waals surface area contributed by atoms with Crippen molar-refractivity contribution in [2.75, 3.05) is 6.54 Å². The van der Waals surface area contributed by atoms with E-state index >= 15 is 0 Å². The van der Waals surface area contributed by atoms with E-state index in [9.17, 15) is 4.79 Å². The molecule has 0 unspecified atom stereocenters. The number of hydrogen-bond acceptors (Lipinski definition) is 4. The first-order valence-corrected chi connectivity index (χ1v) is 9.54. The summed E-state index contributed by atoms with van der Waals surface area (Å²) in [7, 11) is 0. The van der Waals surface area contributed by atoms with Crippen molar-refractivity contribution in [2.24, 2.45) is 0 Å². The molecule has 0 atom stereocenters. The van der Waals surface area contributed by atoms with Crippen molar-refractivity contribution < 1.29 is 4.79 Å². The number of pyridine rings is 1. The Morgan fingerprint density at radius 3 is 2.78 bits per heavy atom. The lowest BCUT2D eigenvalue weighted by Gasteiger charge is -2.12. The normalized spacial score (nSPS) is 11.4. The summed E-state index contributed by atoms with van der Waals surface area (Å²) in [4.78, 5) is 16.9. The average Bonchev–Trinajstić information content (AvgIpc) is 3.28. The molecule has 1 N–H and O–H groups in total. The Morgan fingerprint density at radius 1 is 1.26 bits per heavy atom. The van der Waals surface area contributed by atoms with Crippen LogP contribution in [0.5, 0.6) is 0 Å². The van der Waals surface area contributed by atoms with Crippen molar-refractivity contribution in [3.05, 3.63) is 41.5 Å². The molecule has 7 nitrogen and oxygen atoms in total. The second-order valence-electron chi connectivity index (χ2n) is 7.19. The Morgan fingerprint density at radius 2 is 2.07 bits per heavy atom. The van der Waals surface area contributed by atoms with Gasteiger partial charge in [0.2, 0.25) is 5.91 Å². The van der Waals surface area contributed by atoms with E-state index < -0.39 is 0 Å². The van der Waals surface area contributed by atoms with Crippen LogP contribution in [0.4, 0.5) is 0 Å². The van der Waals surface area contributed by atoms with Crippen LogP contribution in [0, 0.1) is 13.8 Å². The Hall–Kier alpha value is -2.70. The summed E-state index contributed by atoms with van der Waals surface area (Å²) in [5.74, 6) is 0.0761. The highest BCUT2D eigenvalue weighted by Gasteiger charge is 2.15. The second kappa shape index (κ2) is 8.33. The van der Waals surface area contributed by atoms with Gasteiger partial charge < -0.3 is 5.32 Å². The van der Waals surface area contributed by atoms with Gasteiger partial charge in [0.15, 0.2) is 5.65 Å². The van der Waals surface area contributed by atoms with Gasteiger partial charge in [-0.2, -0.15) is 10.2 Å². The maximum absolute atomic E-state index is 12.2. The Balaban J connectivity index is 1.57. The fraction of sp³-hybridized carbons (Fsp3) is 0.500. The van der Waals surface area contributed by atoms with Gasteiger partial charge in [-0.25, -0.2) is 9.67 Å². The Labute approximate surface area is 159 Å². The number of aryl methyl sites for hydroxylation is 3. The molecule has 0 aliphatic carbocycles. The minimum absolute atomic E-state index is 0.0761. The zero-order valence-electron chi connectivity index (χ0n) is 16.6. The van der Waals surface area contributed by atoms with E-state index in [0.717, 1.165) is 35.3 Å². The molecule has 3 aromatic rings. The third-order valence-corrected chi connectivity index (χ3v) is 4.87. The molecule has 0 aliphatic heterocycles. The van der Waals surface area contributed by atoms with Gasteiger partial charge in [-0.15, -0.1) is 0 Å². The number of amides is 1. The number of rotatable bonds is 8. The van der Waals surface area contributed by atoms with Crippen molar-refractivity contribution in [1.82, 2.24) is 29.9 Å². The first kappa shape index (κ1) is 19.1. The molecule has 3 aromatic heterocycles. The SMILES string of the molecule is Cc1nc2c(cnn2C(C)C)c(C)c1CCC(=O)NCCCn1cccn1. The van der Waals surface area contributed by atoms with Crippen LogP contribution in [0.25, 0.3) is 11.0 Å². The summed E-state index contributed by atoms with van der Waals surface area (Å²) in [6.07, 6.45) is 7.60. The summed E-state index contributed by atoms with van der Waals surface area (Å²) in [6, 6.07) is 2.17. The van der Waals surface area contributed by atoms with Crippen LogP contribution >= 0.6 is 0 Å². The first-order valence-electron chi connectivity index (χ1n) is 9.54. The van der Waals surface area contributed by atoms with Gasteiger partial charge in [-0.05, 0) is 57.7 Å². The minimum Gasteiger partial charge on any atom is -0.356 e. The molecule has 0 saturated carbocycles. The van der Waals surface area contributed by atoms with Crippen LogP contribution < -0.4 is 5.32 Å². The van der Waals surface area contributed by atoms with Crippen molar-refractivity contribution in [3.63, 3.8) is 0 Å². The van der Waals surface area contributed by atoms with Crippen LogP contribution in [0.2, 0.25) is 0 Å². The molecule has 1 amide bonds. The number of nitrogens with zero attached hydrogens (tertiary/aromatic N) is 5. The van der Waals surface area contributed by atoms with E-state index in [1.54, 1.807) is 6.20 Å². The molecule has 0 spiro atoms. The highest BCUT2D eigenvalue weighted by atomic mass is 16.1. The molecule has 0 radical (unpaired) electrons. The highest BCUT2D eigenvalue weighted by molar-refractivity contribution is 5.81. The third-order valence-electron chi connectivity index (χ3n) is 4.87. The van der Waals surface area contributed by atoms with Gasteiger partial charge in [0.05, 0.1) is 6.20 Å². The van der Waals surface area contributed by atoms with Crippen LogP contribution in [0.1, 0.15) is 49.6 Å². The number of hydrogen-bond donors (Lipinski definition) is 1. The maximum atomic E-state index is 12.2. The van der Waals surface area contributed by atoms with E-state index in [0.29, 0.717) is 19.4 Å². The smallest absolute Gasteiger partial charge is 0.220 e. The zero-order valence-corrected chi connectivity index (χ0v) is 16.6. The largest absolute Gasteiger partial charge is 0.356 e. The van der Waals surface area contributed by atoms with Gasteiger partial charge in [-0.1, -0.05) is 0 Å².